The Kier molecular flexibility index (Phi) is 4.19. The van der Waals surface area contributed by atoms with Gasteiger partial charge in [-0.1, -0.05) is 24.3 Å². The van der Waals surface area contributed by atoms with Crippen molar-refractivity contribution in [1.29, 1.82) is 0 Å². The first-order valence-electron chi connectivity index (χ1n) is 7.73. The second-order valence-corrected chi connectivity index (χ2v) is 6.12. The van der Waals surface area contributed by atoms with Crippen molar-refractivity contribution in [2.75, 3.05) is 13.2 Å². The Morgan fingerprint density at radius 3 is 2.79 bits per heavy atom. The van der Waals surface area contributed by atoms with Gasteiger partial charge in [0.15, 0.2) is 0 Å². The molecule has 1 heterocycles. The van der Waals surface area contributed by atoms with E-state index in [-0.39, 0.29) is 0 Å². The van der Waals surface area contributed by atoms with E-state index in [2.05, 4.69) is 36.5 Å². The van der Waals surface area contributed by atoms with E-state index >= 15 is 0 Å². The molecule has 2 aliphatic rings. The van der Waals surface area contributed by atoms with Crippen LogP contribution in [0.4, 0.5) is 0 Å². The van der Waals surface area contributed by atoms with Crippen molar-refractivity contribution >= 4 is 0 Å². The predicted molar refractivity (Wildman–Crippen MR) is 78.5 cm³/mol. The van der Waals surface area contributed by atoms with Gasteiger partial charge in [-0.25, -0.2) is 0 Å². The number of nitrogens with one attached hydrogen (secondary N) is 1. The summed E-state index contributed by atoms with van der Waals surface area (Å²) < 4.78 is 5.77. The Bertz CT molecular complexity index is 405. The Balaban J connectivity index is 1.42. The number of aryl methyl sites for hydroxylation is 1. The van der Waals surface area contributed by atoms with Gasteiger partial charge in [0.2, 0.25) is 0 Å². The van der Waals surface area contributed by atoms with Crippen molar-refractivity contribution in [3.63, 3.8) is 0 Å². The minimum atomic E-state index is 0.464. The standard InChI is InChI=1S/C17H25NO/c1-13-6-2-3-8-17(13)14-10-15(11-14)18-12-16-7-4-5-9-19-16/h2-3,6,8,14-16,18H,4-5,7,9-12H2,1H3. The molecule has 0 amide bonds. The summed E-state index contributed by atoms with van der Waals surface area (Å²) in [5.74, 6) is 0.769. The minimum Gasteiger partial charge on any atom is -0.377 e. The third kappa shape index (κ3) is 3.18. The molecular formula is C17H25NO. The third-order valence-electron chi connectivity index (χ3n) is 4.67. The molecule has 1 saturated heterocycles. The van der Waals surface area contributed by atoms with E-state index in [1.165, 1.54) is 37.7 Å². The topological polar surface area (TPSA) is 21.3 Å². The van der Waals surface area contributed by atoms with Crippen LogP contribution in [0, 0.1) is 6.92 Å². The van der Waals surface area contributed by atoms with Gasteiger partial charge in [-0.15, -0.1) is 0 Å². The van der Waals surface area contributed by atoms with Crippen molar-refractivity contribution in [3.05, 3.63) is 35.4 Å². The number of ether oxygens (including phenoxy) is 1. The first kappa shape index (κ1) is 13.1. The summed E-state index contributed by atoms with van der Waals surface area (Å²) in [6.07, 6.45) is 6.86. The first-order valence-corrected chi connectivity index (χ1v) is 7.73. The summed E-state index contributed by atoms with van der Waals surface area (Å²) in [5.41, 5.74) is 3.00. The quantitative estimate of drug-likeness (QED) is 0.895. The summed E-state index contributed by atoms with van der Waals surface area (Å²) in [7, 11) is 0. The zero-order valence-electron chi connectivity index (χ0n) is 11.9. The Morgan fingerprint density at radius 1 is 1.21 bits per heavy atom. The van der Waals surface area contributed by atoms with Crippen LogP contribution in [0.1, 0.15) is 49.1 Å². The molecule has 0 radical (unpaired) electrons. The van der Waals surface area contributed by atoms with Crippen LogP contribution in [-0.2, 0) is 4.74 Å². The number of benzene rings is 1. The molecule has 1 aliphatic heterocycles. The molecule has 1 unspecified atom stereocenters. The van der Waals surface area contributed by atoms with Crippen molar-refractivity contribution < 1.29 is 4.74 Å². The smallest absolute Gasteiger partial charge is 0.0699 e. The summed E-state index contributed by atoms with van der Waals surface area (Å²) >= 11 is 0. The molecule has 104 valence electrons. The van der Waals surface area contributed by atoms with Gasteiger partial charge in [-0.2, -0.15) is 0 Å². The van der Waals surface area contributed by atoms with Gasteiger partial charge in [0.1, 0.15) is 0 Å². The lowest BCUT2D eigenvalue weighted by molar-refractivity contribution is 0.0132. The molecular weight excluding hydrogens is 234 g/mol. The fourth-order valence-corrected chi connectivity index (χ4v) is 3.35. The molecule has 2 fully saturated rings. The molecule has 3 rings (SSSR count). The molecule has 1 saturated carbocycles. The summed E-state index contributed by atoms with van der Waals surface area (Å²) in [4.78, 5) is 0. The molecule has 1 aromatic rings. The van der Waals surface area contributed by atoms with Crippen molar-refractivity contribution in [2.24, 2.45) is 0 Å². The maximum Gasteiger partial charge on any atom is 0.0699 e. The summed E-state index contributed by atoms with van der Waals surface area (Å²) in [6, 6.07) is 9.52. The molecule has 0 aromatic heterocycles. The van der Waals surface area contributed by atoms with Gasteiger partial charge in [0.25, 0.3) is 0 Å². The molecule has 2 heteroatoms. The van der Waals surface area contributed by atoms with Crippen LogP contribution in [0.5, 0.6) is 0 Å². The van der Waals surface area contributed by atoms with Crippen LogP contribution < -0.4 is 5.32 Å². The van der Waals surface area contributed by atoms with E-state index in [0.717, 1.165) is 19.1 Å². The highest BCUT2D eigenvalue weighted by Crippen LogP contribution is 2.38. The Hall–Kier alpha value is -0.860. The van der Waals surface area contributed by atoms with Crippen molar-refractivity contribution in [3.8, 4) is 0 Å². The first-order chi connectivity index (χ1) is 9.33. The highest BCUT2D eigenvalue weighted by molar-refractivity contribution is 5.31. The second kappa shape index (κ2) is 6.06. The van der Waals surface area contributed by atoms with Gasteiger partial charge in [0.05, 0.1) is 6.10 Å². The fourth-order valence-electron chi connectivity index (χ4n) is 3.35. The molecule has 0 bridgehead atoms. The van der Waals surface area contributed by atoms with E-state index in [1.807, 2.05) is 0 Å². The van der Waals surface area contributed by atoms with Gasteiger partial charge in [-0.05, 0) is 56.1 Å². The van der Waals surface area contributed by atoms with Crippen molar-refractivity contribution in [1.82, 2.24) is 5.32 Å². The van der Waals surface area contributed by atoms with Crippen LogP contribution in [0.25, 0.3) is 0 Å². The zero-order chi connectivity index (χ0) is 13.1. The lowest BCUT2D eigenvalue weighted by atomic mass is 9.74. The maximum atomic E-state index is 5.77. The average Bonchev–Trinajstić information content (AvgIpc) is 2.40. The summed E-state index contributed by atoms with van der Waals surface area (Å²) in [5, 5.41) is 3.68. The largest absolute Gasteiger partial charge is 0.377 e. The maximum absolute atomic E-state index is 5.77. The Morgan fingerprint density at radius 2 is 2.05 bits per heavy atom. The fraction of sp³-hybridized carbons (Fsp3) is 0.647. The molecule has 19 heavy (non-hydrogen) atoms. The highest BCUT2D eigenvalue weighted by Gasteiger charge is 2.31. The van der Waals surface area contributed by atoms with Crippen LogP contribution >= 0.6 is 0 Å². The second-order valence-electron chi connectivity index (χ2n) is 6.12. The van der Waals surface area contributed by atoms with Crippen LogP contribution in [-0.4, -0.2) is 25.3 Å². The zero-order valence-corrected chi connectivity index (χ0v) is 11.9. The minimum absolute atomic E-state index is 0.464. The van der Waals surface area contributed by atoms with Crippen LogP contribution in [0.2, 0.25) is 0 Å². The molecule has 1 N–H and O–H groups in total. The van der Waals surface area contributed by atoms with Gasteiger partial charge < -0.3 is 10.1 Å². The number of rotatable bonds is 4. The van der Waals surface area contributed by atoms with Crippen molar-refractivity contribution in [2.45, 2.75) is 57.1 Å². The van der Waals surface area contributed by atoms with Crippen LogP contribution in [0.3, 0.4) is 0 Å². The number of hydrogen-bond donors (Lipinski definition) is 1. The normalized spacial score (nSPS) is 30.9. The van der Waals surface area contributed by atoms with Gasteiger partial charge in [0, 0.05) is 19.2 Å². The van der Waals surface area contributed by atoms with Gasteiger partial charge in [-0.3, -0.25) is 0 Å². The Labute approximate surface area is 116 Å². The van der Waals surface area contributed by atoms with E-state index in [9.17, 15) is 0 Å². The van der Waals surface area contributed by atoms with Gasteiger partial charge >= 0.3 is 0 Å². The predicted octanol–water partition coefficient (Wildman–Crippen LogP) is 3.40. The summed E-state index contributed by atoms with van der Waals surface area (Å²) in [6.45, 7) is 4.24. The molecule has 1 aliphatic carbocycles. The molecule has 2 nitrogen and oxygen atoms in total. The van der Waals surface area contributed by atoms with Crippen LogP contribution in [0.15, 0.2) is 24.3 Å². The third-order valence-corrected chi connectivity index (χ3v) is 4.67. The monoisotopic (exact) mass is 259 g/mol. The lowest BCUT2D eigenvalue weighted by Gasteiger charge is -2.38. The van der Waals surface area contributed by atoms with E-state index in [4.69, 9.17) is 4.74 Å². The molecule has 1 atom stereocenters. The van der Waals surface area contributed by atoms with E-state index in [1.54, 1.807) is 5.56 Å². The van der Waals surface area contributed by atoms with E-state index < -0.39 is 0 Å². The van der Waals surface area contributed by atoms with E-state index in [0.29, 0.717) is 12.1 Å². The average molecular weight is 259 g/mol. The lowest BCUT2D eigenvalue weighted by Crippen LogP contribution is -2.44. The SMILES string of the molecule is Cc1ccccc1C1CC(NCC2CCCCO2)C1. The number of hydrogen-bond acceptors (Lipinski definition) is 2. The molecule has 0 spiro atoms. The molecule has 1 aromatic carbocycles. The highest BCUT2D eigenvalue weighted by atomic mass is 16.5.